The van der Waals surface area contributed by atoms with Gasteiger partial charge in [0.15, 0.2) is 0 Å². The molecule has 68 valence electrons. The predicted octanol–water partition coefficient (Wildman–Crippen LogP) is 2.85. The molecular formula is C12H15N. The highest BCUT2D eigenvalue weighted by Gasteiger charge is 1.83. The zero-order chi connectivity index (χ0) is 9.52. The largest absolute Gasteiger partial charge is 0.399 e. The molecule has 0 atom stereocenters. The third-order valence-electron chi connectivity index (χ3n) is 1.75. The molecule has 1 heteroatoms. The van der Waals surface area contributed by atoms with Crippen molar-refractivity contribution >= 4 is 0 Å². The second kappa shape index (κ2) is 5.20. The van der Waals surface area contributed by atoms with E-state index >= 15 is 0 Å². The van der Waals surface area contributed by atoms with E-state index in [4.69, 9.17) is 5.73 Å². The van der Waals surface area contributed by atoms with Gasteiger partial charge in [0.1, 0.15) is 0 Å². The molecule has 1 aliphatic rings. The monoisotopic (exact) mass is 173 g/mol. The van der Waals surface area contributed by atoms with Crippen molar-refractivity contribution in [2.24, 2.45) is 5.73 Å². The summed E-state index contributed by atoms with van der Waals surface area (Å²) in [5.74, 6) is 0. The van der Waals surface area contributed by atoms with E-state index in [2.05, 4.69) is 19.1 Å². The number of nitrogens with two attached hydrogens (primary N) is 1. The number of hydrogen-bond donors (Lipinski definition) is 1. The lowest BCUT2D eigenvalue weighted by Crippen LogP contribution is -1.91. The van der Waals surface area contributed by atoms with Crippen LogP contribution < -0.4 is 5.73 Å². The SMILES string of the molecule is CC1=C\C=C/C=C/C/C=C(N)/C=C\1. The summed E-state index contributed by atoms with van der Waals surface area (Å²) >= 11 is 0. The van der Waals surface area contributed by atoms with Gasteiger partial charge in [0.2, 0.25) is 0 Å². The van der Waals surface area contributed by atoms with E-state index in [0.29, 0.717) is 0 Å². The maximum Gasteiger partial charge on any atom is 0.0276 e. The highest BCUT2D eigenvalue weighted by Crippen LogP contribution is 2.01. The van der Waals surface area contributed by atoms with Gasteiger partial charge in [-0.3, -0.25) is 0 Å². The Bertz CT molecular complexity index is 301. The summed E-state index contributed by atoms with van der Waals surface area (Å²) in [6.45, 7) is 2.05. The Hall–Kier alpha value is -1.50. The molecule has 13 heavy (non-hydrogen) atoms. The van der Waals surface area contributed by atoms with Crippen molar-refractivity contribution in [1.82, 2.24) is 0 Å². The van der Waals surface area contributed by atoms with Crippen LogP contribution in [0.25, 0.3) is 0 Å². The summed E-state index contributed by atoms with van der Waals surface area (Å²) in [4.78, 5) is 0. The molecule has 0 aromatic carbocycles. The Kier molecular flexibility index (Phi) is 3.83. The molecule has 0 amide bonds. The molecule has 1 nitrogen and oxygen atoms in total. The fourth-order valence-corrected chi connectivity index (χ4v) is 0.984. The molecule has 0 heterocycles. The van der Waals surface area contributed by atoms with Crippen molar-refractivity contribution in [3.63, 3.8) is 0 Å². The quantitative estimate of drug-likeness (QED) is 0.599. The maximum atomic E-state index is 5.73. The van der Waals surface area contributed by atoms with Crippen molar-refractivity contribution in [3.8, 4) is 0 Å². The van der Waals surface area contributed by atoms with Crippen LogP contribution in [0, 0.1) is 0 Å². The average molecular weight is 173 g/mol. The van der Waals surface area contributed by atoms with Gasteiger partial charge in [0.25, 0.3) is 0 Å². The molecule has 0 fully saturated rings. The fourth-order valence-electron chi connectivity index (χ4n) is 0.984. The van der Waals surface area contributed by atoms with E-state index in [0.717, 1.165) is 12.1 Å². The van der Waals surface area contributed by atoms with Gasteiger partial charge in [-0.05, 0) is 19.4 Å². The highest BCUT2D eigenvalue weighted by atomic mass is 14.5. The van der Waals surface area contributed by atoms with E-state index in [1.54, 1.807) is 0 Å². The molecule has 0 saturated carbocycles. The third kappa shape index (κ3) is 4.16. The van der Waals surface area contributed by atoms with Gasteiger partial charge in [0, 0.05) is 5.70 Å². The fraction of sp³-hybridized carbons (Fsp3) is 0.167. The third-order valence-corrected chi connectivity index (χ3v) is 1.75. The Morgan fingerprint density at radius 2 is 2.00 bits per heavy atom. The zero-order valence-electron chi connectivity index (χ0n) is 7.90. The Labute approximate surface area is 79.6 Å². The summed E-state index contributed by atoms with van der Waals surface area (Å²) in [6.07, 6.45) is 17.0. The van der Waals surface area contributed by atoms with Gasteiger partial charge in [-0.2, -0.15) is 0 Å². The maximum absolute atomic E-state index is 5.73. The molecule has 1 rings (SSSR count). The Morgan fingerprint density at radius 1 is 1.15 bits per heavy atom. The molecule has 0 bridgehead atoms. The average Bonchev–Trinajstić information content (AvgIpc) is 2.15. The van der Waals surface area contributed by atoms with Crippen LogP contribution in [0.3, 0.4) is 0 Å². The minimum Gasteiger partial charge on any atom is -0.399 e. The Balaban J connectivity index is 2.84. The molecule has 0 aromatic rings. The van der Waals surface area contributed by atoms with Crippen LogP contribution in [-0.4, -0.2) is 0 Å². The smallest absolute Gasteiger partial charge is 0.0276 e. The minimum absolute atomic E-state index is 0.819. The molecule has 0 aliphatic heterocycles. The van der Waals surface area contributed by atoms with Crippen molar-refractivity contribution in [2.75, 3.05) is 0 Å². The standard InChI is InChI=1S/C12H15N/c1-11-7-5-3-2-4-6-8-12(13)10-9-11/h2-5,7-10H,6,13H2,1H3/b4-2+,5-3-,10-9-,11-7+,12-8-. The molecule has 0 spiro atoms. The van der Waals surface area contributed by atoms with Gasteiger partial charge in [0.05, 0.1) is 0 Å². The lowest BCUT2D eigenvalue weighted by molar-refractivity contribution is 1.29. The summed E-state index contributed by atoms with van der Waals surface area (Å²) in [5, 5.41) is 0. The van der Waals surface area contributed by atoms with E-state index in [1.807, 2.05) is 36.5 Å². The van der Waals surface area contributed by atoms with E-state index in [1.165, 1.54) is 5.57 Å². The first kappa shape index (κ1) is 9.59. The van der Waals surface area contributed by atoms with Gasteiger partial charge in [-0.1, -0.05) is 48.1 Å². The van der Waals surface area contributed by atoms with Crippen LogP contribution in [0.2, 0.25) is 0 Å². The number of allylic oxidation sites excluding steroid dienone is 9. The summed E-state index contributed by atoms with van der Waals surface area (Å²) < 4.78 is 0. The molecule has 1 aliphatic carbocycles. The van der Waals surface area contributed by atoms with Crippen molar-refractivity contribution < 1.29 is 0 Å². The number of rotatable bonds is 0. The van der Waals surface area contributed by atoms with Crippen LogP contribution in [0.1, 0.15) is 13.3 Å². The lowest BCUT2D eigenvalue weighted by atomic mass is 10.2. The summed E-state index contributed by atoms with van der Waals surface area (Å²) in [5.41, 5.74) is 7.75. The molecule has 0 radical (unpaired) electrons. The first-order valence-corrected chi connectivity index (χ1v) is 4.43. The molecule has 0 unspecified atom stereocenters. The summed E-state index contributed by atoms with van der Waals surface area (Å²) in [6, 6.07) is 0. The Morgan fingerprint density at radius 3 is 2.85 bits per heavy atom. The van der Waals surface area contributed by atoms with Gasteiger partial charge in [-0.25, -0.2) is 0 Å². The lowest BCUT2D eigenvalue weighted by Gasteiger charge is -1.91. The minimum atomic E-state index is 0.819. The molecule has 0 aromatic heterocycles. The van der Waals surface area contributed by atoms with Gasteiger partial charge in [-0.15, -0.1) is 0 Å². The normalized spacial score (nSPS) is 33.0. The molecular weight excluding hydrogens is 158 g/mol. The van der Waals surface area contributed by atoms with Gasteiger partial charge < -0.3 is 5.73 Å². The van der Waals surface area contributed by atoms with Crippen LogP contribution in [-0.2, 0) is 0 Å². The number of hydrogen-bond acceptors (Lipinski definition) is 1. The second-order valence-electron chi connectivity index (χ2n) is 3.00. The topological polar surface area (TPSA) is 26.0 Å². The van der Waals surface area contributed by atoms with Crippen LogP contribution >= 0.6 is 0 Å². The molecule has 0 saturated heterocycles. The summed E-state index contributed by atoms with van der Waals surface area (Å²) in [7, 11) is 0. The first-order chi connectivity index (χ1) is 6.29. The van der Waals surface area contributed by atoms with E-state index < -0.39 is 0 Å². The van der Waals surface area contributed by atoms with E-state index in [9.17, 15) is 0 Å². The zero-order valence-corrected chi connectivity index (χ0v) is 7.90. The highest BCUT2D eigenvalue weighted by molar-refractivity contribution is 5.29. The van der Waals surface area contributed by atoms with Crippen LogP contribution in [0.4, 0.5) is 0 Å². The molecule has 2 N–H and O–H groups in total. The van der Waals surface area contributed by atoms with Crippen molar-refractivity contribution in [3.05, 3.63) is 59.9 Å². The van der Waals surface area contributed by atoms with Crippen LogP contribution in [0.5, 0.6) is 0 Å². The van der Waals surface area contributed by atoms with Crippen molar-refractivity contribution in [1.29, 1.82) is 0 Å². The second-order valence-corrected chi connectivity index (χ2v) is 3.00. The van der Waals surface area contributed by atoms with Crippen molar-refractivity contribution in [2.45, 2.75) is 13.3 Å². The first-order valence-electron chi connectivity index (χ1n) is 4.43. The van der Waals surface area contributed by atoms with Gasteiger partial charge >= 0.3 is 0 Å². The van der Waals surface area contributed by atoms with Crippen LogP contribution in [0.15, 0.2) is 59.9 Å². The predicted molar refractivity (Wildman–Crippen MR) is 58.1 cm³/mol. The van der Waals surface area contributed by atoms with E-state index in [-0.39, 0.29) is 0 Å².